The zero-order valence-corrected chi connectivity index (χ0v) is 10.5. The van der Waals surface area contributed by atoms with E-state index in [0.717, 1.165) is 11.3 Å². The van der Waals surface area contributed by atoms with Crippen LogP contribution in [-0.4, -0.2) is 17.8 Å². The van der Waals surface area contributed by atoms with Crippen molar-refractivity contribution in [2.45, 2.75) is 31.6 Å². The molecule has 0 aliphatic rings. The third-order valence-corrected chi connectivity index (χ3v) is 3.58. The molecule has 16 heavy (non-hydrogen) atoms. The van der Waals surface area contributed by atoms with Gasteiger partial charge in [-0.15, -0.1) is 11.8 Å². The average molecular weight is 236 g/mol. The fourth-order valence-corrected chi connectivity index (χ4v) is 2.46. The van der Waals surface area contributed by atoms with Crippen LogP contribution in [0.2, 0.25) is 0 Å². The largest absolute Gasteiger partial charge is 0.294 e. The fourth-order valence-electron chi connectivity index (χ4n) is 1.36. The van der Waals surface area contributed by atoms with Crippen molar-refractivity contribution in [3.8, 4) is 0 Å². The summed E-state index contributed by atoms with van der Waals surface area (Å²) in [7, 11) is 0. The third kappa shape index (κ3) is 3.49. The topological polar surface area (TPSA) is 34.1 Å². The van der Waals surface area contributed by atoms with Gasteiger partial charge < -0.3 is 0 Å². The number of hydrogen-bond donors (Lipinski definition) is 0. The van der Waals surface area contributed by atoms with E-state index in [1.165, 1.54) is 17.7 Å². The monoisotopic (exact) mass is 236 g/mol. The molecule has 0 saturated heterocycles. The van der Waals surface area contributed by atoms with Crippen molar-refractivity contribution in [2.24, 2.45) is 0 Å². The maximum absolute atomic E-state index is 11.2. The lowest BCUT2D eigenvalue weighted by Gasteiger charge is -2.06. The molecule has 0 fully saturated rings. The first-order chi connectivity index (χ1) is 7.69. The molecule has 3 heteroatoms. The Labute approximate surface area is 100 Å². The molecule has 0 heterocycles. The Bertz CT molecular complexity index is 386. The quantitative estimate of drug-likeness (QED) is 0.250. The van der Waals surface area contributed by atoms with E-state index < -0.39 is 5.78 Å². The Morgan fingerprint density at radius 3 is 2.75 bits per heavy atom. The van der Waals surface area contributed by atoms with Crippen LogP contribution >= 0.6 is 11.8 Å². The van der Waals surface area contributed by atoms with Crippen molar-refractivity contribution in [1.29, 1.82) is 0 Å². The number of carbonyl (C=O) groups is 2. The van der Waals surface area contributed by atoms with Gasteiger partial charge in [-0.25, -0.2) is 0 Å². The van der Waals surface area contributed by atoms with Gasteiger partial charge in [0.1, 0.15) is 0 Å². The molecule has 0 N–H and O–H groups in total. The zero-order valence-electron chi connectivity index (χ0n) is 9.66. The van der Waals surface area contributed by atoms with Crippen LogP contribution in [0.4, 0.5) is 0 Å². The van der Waals surface area contributed by atoms with Crippen molar-refractivity contribution in [3.05, 3.63) is 29.3 Å². The molecule has 0 radical (unpaired) electrons. The number of aldehydes is 1. The van der Waals surface area contributed by atoms with E-state index in [0.29, 0.717) is 11.8 Å². The number of benzene rings is 1. The minimum absolute atomic E-state index is 0.360. The van der Waals surface area contributed by atoms with Crippen LogP contribution in [0.1, 0.15) is 35.7 Å². The van der Waals surface area contributed by atoms with Gasteiger partial charge in [-0.3, -0.25) is 9.59 Å². The van der Waals surface area contributed by atoms with Crippen molar-refractivity contribution >= 4 is 23.8 Å². The summed E-state index contributed by atoms with van der Waals surface area (Å²) in [5.74, 6) is 0.645. The number of aryl methyl sites for hydroxylation is 1. The molecule has 0 amide bonds. The Morgan fingerprint density at radius 2 is 2.19 bits per heavy atom. The van der Waals surface area contributed by atoms with Crippen LogP contribution in [0.15, 0.2) is 23.1 Å². The highest BCUT2D eigenvalue weighted by Crippen LogP contribution is 2.24. The number of carbonyl (C=O) groups excluding carboxylic acids is 2. The van der Waals surface area contributed by atoms with E-state index in [1.54, 1.807) is 23.9 Å². The molecule has 0 aliphatic carbocycles. The van der Waals surface area contributed by atoms with Gasteiger partial charge >= 0.3 is 0 Å². The summed E-state index contributed by atoms with van der Waals surface area (Å²) in [6, 6.07) is 5.43. The van der Waals surface area contributed by atoms with Gasteiger partial charge in [-0.05, 0) is 42.9 Å². The molecule has 1 aromatic rings. The first kappa shape index (κ1) is 13.0. The second kappa shape index (κ2) is 6.48. The van der Waals surface area contributed by atoms with Crippen LogP contribution in [0.3, 0.4) is 0 Å². The zero-order chi connectivity index (χ0) is 12.0. The molecule has 1 rings (SSSR count). The highest BCUT2D eigenvalue weighted by atomic mass is 32.2. The molecule has 86 valence electrons. The Balaban J connectivity index is 2.75. The first-order valence-corrected chi connectivity index (χ1v) is 6.40. The van der Waals surface area contributed by atoms with E-state index in [4.69, 9.17) is 0 Å². The van der Waals surface area contributed by atoms with Crippen molar-refractivity contribution in [3.63, 3.8) is 0 Å². The second-order valence-corrected chi connectivity index (χ2v) is 4.80. The van der Waals surface area contributed by atoms with Gasteiger partial charge in [0.05, 0.1) is 0 Å². The fraction of sp³-hybridized carbons (Fsp3) is 0.385. The minimum atomic E-state index is -0.451. The molecule has 2 nitrogen and oxygen atoms in total. The Kier molecular flexibility index (Phi) is 5.26. The Morgan fingerprint density at radius 1 is 1.44 bits per heavy atom. The molecule has 0 unspecified atom stereocenters. The predicted octanol–water partition coefficient (Wildman–Crippen LogP) is 3.27. The number of thioether (sulfide) groups is 1. The number of Topliss-reactive ketones (excluding diaryl/α,β-unsaturated/α-hetero) is 1. The highest BCUT2D eigenvalue weighted by molar-refractivity contribution is 7.99. The summed E-state index contributed by atoms with van der Waals surface area (Å²) in [5, 5.41) is 0. The molecule has 0 atom stereocenters. The van der Waals surface area contributed by atoms with Crippen LogP contribution in [0.5, 0.6) is 0 Å². The summed E-state index contributed by atoms with van der Waals surface area (Å²) < 4.78 is 0. The van der Waals surface area contributed by atoms with Gasteiger partial charge in [0.2, 0.25) is 5.78 Å². The van der Waals surface area contributed by atoms with Gasteiger partial charge in [0, 0.05) is 10.5 Å². The third-order valence-electron chi connectivity index (χ3n) is 2.32. The highest BCUT2D eigenvalue weighted by Gasteiger charge is 2.06. The van der Waals surface area contributed by atoms with Crippen LogP contribution < -0.4 is 0 Å². The van der Waals surface area contributed by atoms with Crippen molar-refractivity contribution < 1.29 is 9.59 Å². The normalized spacial score (nSPS) is 10.1. The number of ketones is 1. The predicted molar refractivity (Wildman–Crippen MR) is 67.2 cm³/mol. The SMILES string of the molecule is CCCCSc1ccc(C(=O)C=O)cc1C. The van der Waals surface area contributed by atoms with E-state index in [2.05, 4.69) is 6.92 Å². The molecule has 1 aromatic carbocycles. The van der Waals surface area contributed by atoms with Gasteiger partial charge in [0.25, 0.3) is 0 Å². The van der Waals surface area contributed by atoms with E-state index >= 15 is 0 Å². The maximum atomic E-state index is 11.2. The second-order valence-electron chi connectivity index (χ2n) is 3.66. The molecule has 0 spiro atoms. The summed E-state index contributed by atoms with van der Waals surface area (Å²) in [4.78, 5) is 22.7. The summed E-state index contributed by atoms with van der Waals surface area (Å²) in [5.41, 5.74) is 1.54. The lowest BCUT2D eigenvalue weighted by atomic mass is 10.1. The number of hydrogen-bond acceptors (Lipinski definition) is 3. The van der Waals surface area contributed by atoms with Crippen molar-refractivity contribution in [1.82, 2.24) is 0 Å². The first-order valence-electron chi connectivity index (χ1n) is 5.42. The van der Waals surface area contributed by atoms with E-state index in [1.807, 2.05) is 13.0 Å². The summed E-state index contributed by atoms with van der Waals surface area (Å²) in [6.07, 6.45) is 2.74. The van der Waals surface area contributed by atoms with E-state index in [9.17, 15) is 9.59 Å². The molecule has 0 bridgehead atoms. The maximum Gasteiger partial charge on any atom is 0.225 e. The van der Waals surface area contributed by atoms with E-state index in [-0.39, 0.29) is 0 Å². The lowest BCUT2D eigenvalue weighted by molar-refractivity contribution is -0.104. The smallest absolute Gasteiger partial charge is 0.225 e. The summed E-state index contributed by atoms with van der Waals surface area (Å²) >= 11 is 1.80. The van der Waals surface area contributed by atoms with Gasteiger partial charge in [0.15, 0.2) is 6.29 Å². The molecule has 0 saturated carbocycles. The molecule has 0 aliphatic heterocycles. The molecule has 0 aromatic heterocycles. The number of unbranched alkanes of at least 4 members (excludes halogenated alkanes) is 1. The minimum Gasteiger partial charge on any atom is -0.294 e. The van der Waals surface area contributed by atoms with Crippen LogP contribution in [-0.2, 0) is 4.79 Å². The summed E-state index contributed by atoms with van der Waals surface area (Å²) in [6.45, 7) is 4.13. The van der Waals surface area contributed by atoms with Crippen LogP contribution in [0.25, 0.3) is 0 Å². The van der Waals surface area contributed by atoms with Gasteiger partial charge in [-0.2, -0.15) is 0 Å². The molecular formula is C13H16O2S. The Hall–Kier alpha value is -1.09. The lowest BCUT2D eigenvalue weighted by Crippen LogP contribution is -2.00. The average Bonchev–Trinajstić information content (AvgIpc) is 2.30. The standard InChI is InChI=1S/C13H16O2S/c1-3-4-7-16-13-6-5-11(8-10(13)2)12(15)9-14/h5-6,8-9H,3-4,7H2,1-2H3. The molecular weight excluding hydrogens is 220 g/mol. The van der Waals surface area contributed by atoms with Crippen LogP contribution in [0, 0.1) is 6.92 Å². The van der Waals surface area contributed by atoms with Gasteiger partial charge in [-0.1, -0.05) is 13.3 Å². The van der Waals surface area contributed by atoms with Crippen molar-refractivity contribution in [2.75, 3.05) is 5.75 Å². The number of rotatable bonds is 6.